The molecular weight excluding hydrogens is 472 g/mol. The molecule has 2 N–H and O–H groups in total. The molecule has 0 aromatic heterocycles. The number of halogens is 4. The highest BCUT2D eigenvalue weighted by atomic mass is 19.4. The van der Waals surface area contributed by atoms with Gasteiger partial charge in [-0.3, -0.25) is 4.79 Å². The molecule has 1 heterocycles. The molecule has 0 aliphatic carbocycles. The fourth-order valence-electron chi connectivity index (χ4n) is 4.74. The summed E-state index contributed by atoms with van der Waals surface area (Å²) in [6, 6.07) is 16.4. The van der Waals surface area contributed by atoms with E-state index in [-0.39, 0.29) is 12.8 Å². The molecule has 0 unspecified atom stereocenters. The van der Waals surface area contributed by atoms with Crippen LogP contribution in [0.2, 0.25) is 0 Å². The van der Waals surface area contributed by atoms with Gasteiger partial charge in [0, 0.05) is 37.4 Å². The van der Waals surface area contributed by atoms with Crippen LogP contribution in [0.1, 0.15) is 40.7 Å². The average Bonchev–Trinajstić information content (AvgIpc) is 2.85. The fraction of sp³-hybridized carbons (Fsp3) is 0.321. The molecule has 36 heavy (non-hydrogen) atoms. The quantitative estimate of drug-likeness (QED) is 0.331. The molecule has 4 rings (SSSR count). The molecule has 3 aromatic rings. The van der Waals surface area contributed by atoms with E-state index in [0.29, 0.717) is 36.3 Å². The van der Waals surface area contributed by atoms with E-state index in [1.54, 1.807) is 24.3 Å². The first kappa shape index (κ1) is 25.5. The highest BCUT2D eigenvalue weighted by molar-refractivity contribution is 5.67. The van der Waals surface area contributed by atoms with Gasteiger partial charge in [-0.2, -0.15) is 13.2 Å². The first-order chi connectivity index (χ1) is 17.2. The zero-order valence-electron chi connectivity index (χ0n) is 19.7. The minimum Gasteiger partial charge on any atom is -0.481 e. The molecule has 0 radical (unpaired) electrons. The van der Waals surface area contributed by atoms with Gasteiger partial charge in [-0.1, -0.05) is 36.4 Å². The van der Waals surface area contributed by atoms with Crippen molar-refractivity contribution < 1.29 is 27.5 Å². The standard InChI is InChI=1S/C28H28F4N2O2/c29-25-17-22(12-10-20(25)11-13-27(35)36)33-18-21-6-3-9-26-23(21)7-4-15-34(26)16-14-19-5-1-2-8-24(19)28(30,31)32/h1-3,5-6,8-10,12,17,33H,4,7,11,13-16,18H2,(H,35,36). The molecule has 0 saturated heterocycles. The van der Waals surface area contributed by atoms with E-state index in [2.05, 4.69) is 10.2 Å². The number of nitrogens with zero attached hydrogens (tertiary/aromatic N) is 1. The van der Waals surface area contributed by atoms with Gasteiger partial charge in [0.2, 0.25) is 0 Å². The molecule has 8 heteroatoms. The van der Waals surface area contributed by atoms with E-state index in [1.807, 2.05) is 18.2 Å². The summed E-state index contributed by atoms with van der Waals surface area (Å²) in [6.45, 7) is 1.74. The molecule has 0 atom stereocenters. The van der Waals surface area contributed by atoms with Gasteiger partial charge in [0.25, 0.3) is 0 Å². The summed E-state index contributed by atoms with van der Waals surface area (Å²) >= 11 is 0. The number of aryl methyl sites for hydroxylation is 1. The predicted molar refractivity (Wildman–Crippen MR) is 132 cm³/mol. The van der Waals surface area contributed by atoms with Crippen molar-refractivity contribution in [2.24, 2.45) is 0 Å². The molecule has 0 amide bonds. The number of nitrogens with one attached hydrogen (secondary N) is 1. The van der Waals surface area contributed by atoms with Crippen LogP contribution < -0.4 is 10.2 Å². The maximum absolute atomic E-state index is 14.4. The van der Waals surface area contributed by atoms with Crippen molar-refractivity contribution in [3.05, 3.63) is 94.3 Å². The first-order valence-corrected chi connectivity index (χ1v) is 12.0. The lowest BCUT2D eigenvalue weighted by atomic mass is 9.95. The molecule has 4 nitrogen and oxygen atoms in total. The Bertz CT molecular complexity index is 1230. The van der Waals surface area contributed by atoms with E-state index in [1.165, 1.54) is 12.1 Å². The van der Waals surface area contributed by atoms with Crippen molar-refractivity contribution in [1.29, 1.82) is 0 Å². The van der Waals surface area contributed by atoms with Crippen LogP contribution in [-0.4, -0.2) is 24.2 Å². The third-order valence-corrected chi connectivity index (χ3v) is 6.56. The smallest absolute Gasteiger partial charge is 0.416 e. The summed E-state index contributed by atoms with van der Waals surface area (Å²) in [6.07, 6.45) is -2.30. The number of carbonyl (C=O) groups is 1. The van der Waals surface area contributed by atoms with Crippen molar-refractivity contribution in [2.75, 3.05) is 23.3 Å². The molecule has 1 aliphatic rings. The minimum atomic E-state index is -4.37. The zero-order valence-corrected chi connectivity index (χ0v) is 19.7. The van der Waals surface area contributed by atoms with Gasteiger partial charge in [-0.25, -0.2) is 4.39 Å². The van der Waals surface area contributed by atoms with Crippen LogP contribution in [0.4, 0.5) is 28.9 Å². The van der Waals surface area contributed by atoms with Crippen molar-refractivity contribution in [3.8, 4) is 0 Å². The topological polar surface area (TPSA) is 52.6 Å². The van der Waals surface area contributed by atoms with Gasteiger partial charge in [-0.05, 0) is 72.2 Å². The number of anilines is 2. The van der Waals surface area contributed by atoms with Crippen LogP contribution in [0.3, 0.4) is 0 Å². The number of hydrogen-bond donors (Lipinski definition) is 2. The molecule has 0 saturated carbocycles. The monoisotopic (exact) mass is 500 g/mol. The second-order valence-corrected chi connectivity index (χ2v) is 8.96. The normalized spacial score (nSPS) is 13.4. The highest BCUT2D eigenvalue weighted by Crippen LogP contribution is 2.34. The molecule has 0 spiro atoms. The predicted octanol–water partition coefficient (Wildman–Crippen LogP) is 6.47. The number of rotatable bonds is 9. The SMILES string of the molecule is O=C(O)CCc1ccc(NCc2cccc3c2CCCN3CCc2ccccc2C(F)(F)F)cc1F. The number of carboxylic acid groups (broad SMARTS) is 1. The van der Waals surface area contributed by atoms with Crippen LogP contribution in [0.25, 0.3) is 0 Å². The van der Waals surface area contributed by atoms with E-state index < -0.39 is 23.5 Å². The van der Waals surface area contributed by atoms with Crippen LogP contribution in [0, 0.1) is 5.82 Å². The Morgan fingerprint density at radius 1 is 0.972 bits per heavy atom. The van der Waals surface area contributed by atoms with Crippen LogP contribution in [0.15, 0.2) is 60.7 Å². The lowest BCUT2D eigenvalue weighted by Gasteiger charge is -2.33. The Balaban J connectivity index is 1.44. The van der Waals surface area contributed by atoms with E-state index in [0.717, 1.165) is 42.3 Å². The summed E-state index contributed by atoms with van der Waals surface area (Å²) in [5, 5.41) is 12.0. The van der Waals surface area contributed by atoms with Gasteiger partial charge < -0.3 is 15.3 Å². The number of benzene rings is 3. The summed E-state index contributed by atoms with van der Waals surface area (Å²) in [7, 11) is 0. The Kier molecular flexibility index (Phi) is 7.82. The van der Waals surface area contributed by atoms with Crippen LogP contribution in [0.5, 0.6) is 0 Å². The van der Waals surface area contributed by atoms with Gasteiger partial charge in [0.15, 0.2) is 0 Å². The van der Waals surface area contributed by atoms with Crippen molar-refractivity contribution in [1.82, 2.24) is 0 Å². The number of carboxylic acids is 1. The molecule has 0 fully saturated rings. The van der Waals surface area contributed by atoms with Gasteiger partial charge in [-0.15, -0.1) is 0 Å². The number of alkyl halides is 3. The second-order valence-electron chi connectivity index (χ2n) is 8.96. The Morgan fingerprint density at radius 3 is 2.50 bits per heavy atom. The fourth-order valence-corrected chi connectivity index (χ4v) is 4.74. The number of hydrogen-bond acceptors (Lipinski definition) is 3. The number of aliphatic carboxylic acids is 1. The Morgan fingerprint density at radius 2 is 1.75 bits per heavy atom. The van der Waals surface area contributed by atoms with Crippen molar-refractivity contribution in [3.63, 3.8) is 0 Å². The van der Waals surface area contributed by atoms with Gasteiger partial charge >= 0.3 is 12.1 Å². The van der Waals surface area contributed by atoms with Crippen molar-refractivity contribution >= 4 is 17.3 Å². The summed E-state index contributed by atoms with van der Waals surface area (Å²) < 4.78 is 54.5. The maximum atomic E-state index is 14.4. The summed E-state index contributed by atoms with van der Waals surface area (Å²) in [4.78, 5) is 12.9. The zero-order chi connectivity index (χ0) is 25.7. The third kappa shape index (κ3) is 6.17. The van der Waals surface area contributed by atoms with Crippen molar-refractivity contribution in [2.45, 2.75) is 44.8 Å². The molecular formula is C28H28F4N2O2. The van der Waals surface area contributed by atoms with E-state index in [9.17, 15) is 22.4 Å². The lowest BCUT2D eigenvalue weighted by Crippen LogP contribution is -2.32. The molecule has 1 aliphatic heterocycles. The van der Waals surface area contributed by atoms with Gasteiger partial charge in [0.05, 0.1) is 5.56 Å². The molecule has 190 valence electrons. The minimum absolute atomic E-state index is 0.127. The third-order valence-electron chi connectivity index (χ3n) is 6.56. The first-order valence-electron chi connectivity index (χ1n) is 12.0. The molecule has 0 bridgehead atoms. The molecule has 3 aromatic carbocycles. The van der Waals surface area contributed by atoms with Crippen LogP contribution in [-0.2, 0) is 36.8 Å². The Labute approximate surface area is 207 Å². The van der Waals surface area contributed by atoms with E-state index in [4.69, 9.17) is 5.11 Å². The average molecular weight is 501 g/mol. The van der Waals surface area contributed by atoms with Gasteiger partial charge in [0.1, 0.15) is 5.82 Å². The lowest BCUT2D eigenvalue weighted by molar-refractivity contribution is -0.138. The summed E-state index contributed by atoms with van der Waals surface area (Å²) in [5.74, 6) is -1.41. The van der Waals surface area contributed by atoms with E-state index >= 15 is 0 Å². The Hall–Kier alpha value is -3.55. The second kappa shape index (κ2) is 11.0. The maximum Gasteiger partial charge on any atom is 0.416 e. The summed E-state index contributed by atoms with van der Waals surface area (Å²) in [5.41, 5.74) is 3.91. The highest BCUT2D eigenvalue weighted by Gasteiger charge is 2.33. The largest absolute Gasteiger partial charge is 0.481 e. The van der Waals surface area contributed by atoms with Crippen LogP contribution >= 0.6 is 0 Å². The number of fused-ring (bicyclic) bond motifs is 1.